The van der Waals surface area contributed by atoms with Gasteiger partial charge in [-0.2, -0.15) is 13.2 Å². The number of aromatic nitrogens is 3. The van der Waals surface area contributed by atoms with Gasteiger partial charge in [0.25, 0.3) is 11.8 Å². The first-order valence-corrected chi connectivity index (χ1v) is 12.0. The molecule has 0 radical (unpaired) electrons. The summed E-state index contributed by atoms with van der Waals surface area (Å²) in [6, 6.07) is 4.84. The number of thiazole rings is 1. The zero-order valence-electron chi connectivity index (χ0n) is 17.6. The van der Waals surface area contributed by atoms with Gasteiger partial charge in [-0.05, 0) is 31.4 Å². The Hall–Kier alpha value is -2.86. The van der Waals surface area contributed by atoms with Gasteiger partial charge in [-0.25, -0.2) is 4.98 Å². The summed E-state index contributed by atoms with van der Waals surface area (Å²) in [5.41, 5.74) is -0.977. The third kappa shape index (κ3) is 5.22. The van der Waals surface area contributed by atoms with Crippen molar-refractivity contribution in [3.63, 3.8) is 0 Å². The highest BCUT2D eigenvalue weighted by Crippen LogP contribution is 2.34. The van der Waals surface area contributed by atoms with Crippen LogP contribution in [0.1, 0.15) is 62.1 Å². The minimum atomic E-state index is -4.59. The van der Waals surface area contributed by atoms with Gasteiger partial charge in [0.2, 0.25) is 5.13 Å². The molecule has 7 nitrogen and oxygen atoms in total. The van der Waals surface area contributed by atoms with E-state index in [4.69, 9.17) is 0 Å². The Morgan fingerprint density at radius 3 is 2.58 bits per heavy atom. The van der Waals surface area contributed by atoms with E-state index in [1.807, 2.05) is 6.92 Å². The number of piperidine rings is 1. The summed E-state index contributed by atoms with van der Waals surface area (Å²) in [4.78, 5) is 31.1. The number of carbonyl (C=O) groups is 2. The van der Waals surface area contributed by atoms with Crippen LogP contribution in [0, 0.1) is 0 Å². The van der Waals surface area contributed by atoms with E-state index in [0.717, 1.165) is 22.5 Å². The summed E-state index contributed by atoms with van der Waals surface area (Å²) in [7, 11) is 0. The maximum absolute atomic E-state index is 13.3. The highest BCUT2D eigenvalue weighted by molar-refractivity contribution is 7.15. The van der Waals surface area contributed by atoms with Crippen molar-refractivity contribution in [1.29, 1.82) is 0 Å². The SMILES string of the molecule is CCc1nnc(NC(=O)c2csc(C3CCN(C(=O)c4ccccc4C(F)(F)F)CC3)n2)s1. The molecule has 4 rings (SSSR count). The average molecular weight is 496 g/mol. The molecule has 2 aromatic heterocycles. The molecule has 1 saturated heterocycles. The highest BCUT2D eigenvalue weighted by Gasteiger charge is 2.36. The molecular formula is C21H20F3N5O2S2. The summed E-state index contributed by atoms with van der Waals surface area (Å²) >= 11 is 2.67. The number of alkyl halides is 3. The number of carbonyl (C=O) groups excluding carboxylic acids is 2. The Balaban J connectivity index is 1.37. The molecule has 0 unspecified atom stereocenters. The molecule has 33 heavy (non-hydrogen) atoms. The number of aryl methyl sites for hydroxylation is 1. The van der Waals surface area contributed by atoms with Crippen LogP contribution in [0.4, 0.5) is 18.3 Å². The first-order valence-electron chi connectivity index (χ1n) is 10.3. The lowest BCUT2D eigenvalue weighted by Crippen LogP contribution is -2.38. The standard InChI is InChI=1S/C21H20F3N5O2S2/c1-2-16-27-28-20(33-16)26-17(30)15-11-32-18(25-15)12-7-9-29(10-8-12)19(31)13-5-3-4-6-14(13)21(22,23)24/h3-6,11-12H,2,7-10H2,1H3,(H,26,28,30). The number of likely N-dealkylation sites (tertiary alicyclic amines) is 1. The third-order valence-electron chi connectivity index (χ3n) is 5.34. The Labute approximate surface area is 195 Å². The molecule has 1 fully saturated rings. The number of amides is 2. The van der Waals surface area contributed by atoms with Gasteiger partial charge < -0.3 is 4.90 Å². The molecule has 3 aromatic rings. The fraction of sp³-hybridized carbons (Fsp3) is 0.381. The zero-order chi connectivity index (χ0) is 23.6. The molecule has 1 aliphatic rings. The van der Waals surface area contributed by atoms with Crippen LogP contribution < -0.4 is 5.32 Å². The van der Waals surface area contributed by atoms with Gasteiger partial charge in [-0.15, -0.1) is 21.5 Å². The monoisotopic (exact) mass is 495 g/mol. The van der Waals surface area contributed by atoms with E-state index in [2.05, 4.69) is 20.5 Å². The summed E-state index contributed by atoms with van der Waals surface area (Å²) in [5, 5.41) is 14.3. The molecule has 2 amide bonds. The second-order valence-electron chi connectivity index (χ2n) is 7.49. The van der Waals surface area contributed by atoms with Crippen LogP contribution in [0.3, 0.4) is 0 Å². The van der Waals surface area contributed by atoms with Crippen molar-refractivity contribution in [3.05, 3.63) is 56.5 Å². The third-order valence-corrected chi connectivity index (χ3v) is 7.33. The van der Waals surface area contributed by atoms with Crippen molar-refractivity contribution >= 4 is 39.6 Å². The second kappa shape index (κ2) is 9.56. The van der Waals surface area contributed by atoms with Crippen molar-refractivity contribution in [2.24, 2.45) is 0 Å². The number of nitrogens with one attached hydrogen (secondary N) is 1. The van der Waals surface area contributed by atoms with Gasteiger partial charge >= 0.3 is 6.18 Å². The number of rotatable bonds is 5. The summed E-state index contributed by atoms with van der Waals surface area (Å²) in [6.45, 7) is 2.59. The van der Waals surface area contributed by atoms with Crippen molar-refractivity contribution in [3.8, 4) is 0 Å². The van der Waals surface area contributed by atoms with Crippen molar-refractivity contribution < 1.29 is 22.8 Å². The smallest absolute Gasteiger partial charge is 0.339 e. The van der Waals surface area contributed by atoms with E-state index in [1.54, 1.807) is 5.38 Å². The molecule has 0 aliphatic carbocycles. The summed E-state index contributed by atoms with van der Waals surface area (Å²) < 4.78 is 39.8. The van der Waals surface area contributed by atoms with Gasteiger partial charge in [-0.3, -0.25) is 14.9 Å². The topological polar surface area (TPSA) is 88.1 Å². The van der Waals surface area contributed by atoms with Crippen LogP contribution in [0.15, 0.2) is 29.6 Å². The molecule has 0 atom stereocenters. The van der Waals surface area contributed by atoms with Crippen molar-refractivity contribution in [2.75, 3.05) is 18.4 Å². The van der Waals surface area contributed by atoms with E-state index in [1.165, 1.54) is 45.8 Å². The minimum Gasteiger partial charge on any atom is -0.339 e. The Bertz CT molecular complexity index is 1150. The molecule has 0 bridgehead atoms. The molecule has 12 heteroatoms. The van der Waals surface area contributed by atoms with Crippen LogP contribution in [0.25, 0.3) is 0 Å². The van der Waals surface area contributed by atoms with Gasteiger partial charge in [0, 0.05) is 24.4 Å². The van der Waals surface area contributed by atoms with E-state index >= 15 is 0 Å². The Morgan fingerprint density at radius 1 is 1.18 bits per heavy atom. The highest BCUT2D eigenvalue weighted by atomic mass is 32.1. The largest absolute Gasteiger partial charge is 0.417 e. The van der Waals surface area contributed by atoms with E-state index < -0.39 is 17.6 Å². The molecule has 0 saturated carbocycles. The van der Waals surface area contributed by atoms with E-state index in [-0.39, 0.29) is 23.1 Å². The maximum atomic E-state index is 13.3. The minimum absolute atomic E-state index is 0.0340. The number of anilines is 1. The number of benzene rings is 1. The molecule has 1 aliphatic heterocycles. The number of hydrogen-bond donors (Lipinski definition) is 1. The molecular weight excluding hydrogens is 475 g/mol. The van der Waals surface area contributed by atoms with Gasteiger partial charge in [0.15, 0.2) is 0 Å². The van der Waals surface area contributed by atoms with Gasteiger partial charge in [0.1, 0.15) is 10.7 Å². The fourth-order valence-corrected chi connectivity index (χ4v) is 5.25. The lowest BCUT2D eigenvalue weighted by molar-refractivity contribution is -0.138. The van der Waals surface area contributed by atoms with E-state index in [0.29, 0.717) is 31.1 Å². The molecule has 174 valence electrons. The lowest BCUT2D eigenvalue weighted by atomic mass is 9.96. The number of halogens is 3. The van der Waals surface area contributed by atoms with Crippen LogP contribution in [-0.4, -0.2) is 45.0 Å². The molecule has 0 spiro atoms. The van der Waals surface area contributed by atoms with Crippen LogP contribution in [0.5, 0.6) is 0 Å². The predicted octanol–water partition coefficient (Wildman–Crippen LogP) is 4.85. The number of nitrogens with zero attached hydrogens (tertiary/aromatic N) is 4. The molecule has 3 heterocycles. The first kappa shape index (κ1) is 23.3. The van der Waals surface area contributed by atoms with E-state index in [9.17, 15) is 22.8 Å². The quantitative estimate of drug-likeness (QED) is 0.547. The van der Waals surface area contributed by atoms with Crippen molar-refractivity contribution in [2.45, 2.75) is 38.3 Å². The molecule has 1 N–H and O–H groups in total. The fourth-order valence-electron chi connectivity index (χ4n) is 3.60. The lowest BCUT2D eigenvalue weighted by Gasteiger charge is -2.31. The Kier molecular flexibility index (Phi) is 6.75. The van der Waals surface area contributed by atoms with Crippen LogP contribution >= 0.6 is 22.7 Å². The van der Waals surface area contributed by atoms with Crippen molar-refractivity contribution in [1.82, 2.24) is 20.1 Å². The van der Waals surface area contributed by atoms with Crippen LogP contribution in [-0.2, 0) is 12.6 Å². The predicted molar refractivity (Wildman–Crippen MR) is 119 cm³/mol. The summed E-state index contributed by atoms with van der Waals surface area (Å²) in [6.07, 6.45) is -2.73. The van der Waals surface area contributed by atoms with Gasteiger partial charge in [-0.1, -0.05) is 30.4 Å². The van der Waals surface area contributed by atoms with Gasteiger partial charge in [0.05, 0.1) is 16.1 Å². The second-order valence-corrected chi connectivity index (χ2v) is 9.44. The first-order chi connectivity index (χ1) is 15.8. The number of hydrogen-bond acceptors (Lipinski definition) is 7. The average Bonchev–Trinajstić information content (AvgIpc) is 3.48. The Morgan fingerprint density at radius 2 is 1.91 bits per heavy atom. The van der Waals surface area contributed by atoms with Crippen LogP contribution in [0.2, 0.25) is 0 Å². The maximum Gasteiger partial charge on any atom is 0.417 e. The summed E-state index contributed by atoms with van der Waals surface area (Å²) in [5.74, 6) is -0.955. The zero-order valence-corrected chi connectivity index (χ0v) is 19.2. The normalized spacial score (nSPS) is 15.0. The molecule has 1 aromatic carbocycles.